The summed E-state index contributed by atoms with van der Waals surface area (Å²) in [5.74, 6) is 0. The fourth-order valence-corrected chi connectivity index (χ4v) is 4.76. The quantitative estimate of drug-likeness (QED) is 0.651. The predicted molar refractivity (Wildman–Crippen MR) is 67.0 cm³/mol. The molecule has 0 fully saturated rings. The van der Waals surface area contributed by atoms with Gasteiger partial charge in [0.15, 0.2) is 0 Å². The Morgan fingerprint density at radius 3 is 2.54 bits per heavy atom. The Morgan fingerprint density at radius 2 is 2.08 bits per heavy atom. The summed E-state index contributed by atoms with van der Waals surface area (Å²) in [6.07, 6.45) is 4.77. The van der Waals surface area contributed by atoms with E-state index in [2.05, 4.69) is 6.92 Å². The first-order valence-corrected chi connectivity index (χ1v) is 7.77. The normalized spacial score (nSPS) is 16.8. The van der Waals surface area contributed by atoms with E-state index in [9.17, 15) is 4.21 Å². The molecule has 0 aliphatic rings. The molecule has 13 heavy (non-hydrogen) atoms. The van der Waals surface area contributed by atoms with Crippen molar-refractivity contribution in [1.82, 2.24) is 0 Å². The van der Waals surface area contributed by atoms with Gasteiger partial charge in [-0.15, -0.1) is 0 Å². The maximum atomic E-state index is 11.5. The molecule has 1 nitrogen and oxygen atoms in total. The molecule has 0 radical (unpaired) electrons. The molecule has 2 unspecified atom stereocenters. The molecule has 0 aromatic rings. The molecule has 0 aromatic heterocycles. The maximum Gasteiger partial charge on any atom is 0.0945 e. The maximum absolute atomic E-state index is 11.5. The molecule has 0 aliphatic heterocycles. The highest BCUT2D eigenvalue weighted by molar-refractivity contribution is 8.79. The highest BCUT2D eigenvalue weighted by Crippen LogP contribution is 2.31. The molecule has 0 heterocycles. The third-order valence-corrected chi connectivity index (χ3v) is 6.24. The Balaban J connectivity index is 3.94. The zero-order valence-electron chi connectivity index (χ0n) is 8.23. The molecule has 0 spiro atoms. The minimum Gasteiger partial charge on any atom is -0.254 e. The van der Waals surface area contributed by atoms with E-state index in [1.54, 1.807) is 27.0 Å². The third-order valence-electron chi connectivity index (χ3n) is 1.22. The topological polar surface area (TPSA) is 17.1 Å². The van der Waals surface area contributed by atoms with Gasteiger partial charge in [-0.3, -0.25) is 4.21 Å². The second-order valence-corrected chi connectivity index (χ2v) is 6.48. The van der Waals surface area contributed by atoms with Crippen molar-refractivity contribution < 1.29 is 4.21 Å². The fraction of sp³-hybridized carbons (Fsp3) is 0.556. The summed E-state index contributed by atoms with van der Waals surface area (Å²) in [6.45, 7) is 5.95. The van der Waals surface area contributed by atoms with Crippen LogP contribution < -0.4 is 0 Å². The summed E-state index contributed by atoms with van der Waals surface area (Å²) < 4.78 is 11.7. The zero-order valence-corrected chi connectivity index (χ0v) is 10.7. The van der Waals surface area contributed by atoms with Crippen LogP contribution in [0.4, 0.5) is 0 Å². The van der Waals surface area contributed by atoms with Gasteiger partial charge in [-0.2, -0.15) is 0 Å². The summed E-state index contributed by atoms with van der Waals surface area (Å²) >= 11 is 0. The van der Waals surface area contributed by atoms with Gasteiger partial charge in [-0.1, -0.05) is 40.7 Å². The SMILES string of the molecule is C/C=C\SSC(CC)S(=O)/C=C/C. The van der Waals surface area contributed by atoms with E-state index in [1.165, 1.54) is 0 Å². The Labute approximate surface area is 91.3 Å². The summed E-state index contributed by atoms with van der Waals surface area (Å²) in [5, 5.41) is 3.78. The number of hydrogen-bond donors (Lipinski definition) is 0. The van der Waals surface area contributed by atoms with Crippen LogP contribution in [0.3, 0.4) is 0 Å². The summed E-state index contributed by atoms with van der Waals surface area (Å²) in [6, 6.07) is 0. The molecule has 0 aromatic carbocycles. The first kappa shape index (κ1) is 13.3. The highest BCUT2D eigenvalue weighted by Gasteiger charge is 2.11. The van der Waals surface area contributed by atoms with Crippen molar-refractivity contribution in [2.45, 2.75) is 31.8 Å². The van der Waals surface area contributed by atoms with Crippen molar-refractivity contribution in [2.75, 3.05) is 0 Å². The molecule has 0 rings (SSSR count). The summed E-state index contributed by atoms with van der Waals surface area (Å²) in [5.41, 5.74) is 0. The lowest BCUT2D eigenvalue weighted by Crippen LogP contribution is -2.04. The van der Waals surface area contributed by atoms with Crippen LogP contribution >= 0.6 is 21.6 Å². The summed E-state index contributed by atoms with van der Waals surface area (Å²) in [7, 11) is 2.49. The molecular weight excluding hydrogens is 220 g/mol. The highest BCUT2D eigenvalue weighted by atomic mass is 33.1. The van der Waals surface area contributed by atoms with Crippen molar-refractivity contribution in [3.8, 4) is 0 Å². The molecule has 0 saturated carbocycles. The Hall–Kier alpha value is 0.330. The van der Waals surface area contributed by atoms with Crippen LogP contribution in [0.2, 0.25) is 0 Å². The Bertz CT molecular complexity index is 199. The molecule has 0 amide bonds. The monoisotopic (exact) mass is 236 g/mol. The minimum atomic E-state index is -0.834. The predicted octanol–water partition coefficient (Wildman–Crippen LogP) is 3.92. The van der Waals surface area contributed by atoms with Gasteiger partial charge in [0.25, 0.3) is 0 Å². The lowest BCUT2D eigenvalue weighted by molar-refractivity contribution is 0.685. The Morgan fingerprint density at radius 1 is 1.38 bits per heavy atom. The van der Waals surface area contributed by atoms with E-state index in [4.69, 9.17) is 0 Å². The lowest BCUT2D eigenvalue weighted by Gasteiger charge is -2.08. The van der Waals surface area contributed by atoms with Gasteiger partial charge < -0.3 is 0 Å². The van der Waals surface area contributed by atoms with E-state index in [0.717, 1.165) is 6.42 Å². The van der Waals surface area contributed by atoms with Crippen LogP contribution in [-0.4, -0.2) is 8.79 Å². The van der Waals surface area contributed by atoms with Crippen LogP contribution in [-0.2, 0) is 10.8 Å². The van der Waals surface area contributed by atoms with Gasteiger partial charge in [0.2, 0.25) is 0 Å². The molecular formula is C9H16OS3. The fourth-order valence-electron chi connectivity index (χ4n) is 0.642. The van der Waals surface area contributed by atoms with Crippen LogP contribution in [0, 0.1) is 0 Å². The number of allylic oxidation sites excluding steroid dienone is 2. The van der Waals surface area contributed by atoms with Gasteiger partial charge in [0, 0.05) is 0 Å². The zero-order chi connectivity index (χ0) is 10.1. The van der Waals surface area contributed by atoms with E-state index in [-0.39, 0.29) is 4.58 Å². The molecule has 2 atom stereocenters. The second kappa shape index (κ2) is 8.91. The van der Waals surface area contributed by atoms with Crippen LogP contribution in [0.5, 0.6) is 0 Å². The van der Waals surface area contributed by atoms with Crippen molar-refractivity contribution in [2.24, 2.45) is 0 Å². The van der Waals surface area contributed by atoms with Crippen molar-refractivity contribution in [1.29, 1.82) is 0 Å². The second-order valence-electron chi connectivity index (χ2n) is 2.30. The number of hydrogen-bond acceptors (Lipinski definition) is 3. The molecule has 0 bridgehead atoms. The smallest absolute Gasteiger partial charge is 0.0945 e. The molecule has 76 valence electrons. The van der Waals surface area contributed by atoms with Gasteiger partial charge >= 0.3 is 0 Å². The average Bonchev–Trinajstić information content (AvgIpc) is 2.13. The van der Waals surface area contributed by atoms with Gasteiger partial charge in [-0.25, -0.2) is 0 Å². The van der Waals surface area contributed by atoms with Crippen LogP contribution in [0.15, 0.2) is 23.0 Å². The van der Waals surface area contributed by atoms with Gasteiger partial charge in [0.1, 0.15) is 0 Å². The lowest BCUT2D eigenvalue weighted by atomic mass is 10.6. The third kappa shape index (κ3) is 6.41. The average molecular weight is 236 g/mol. The standard InChI is InChI=1S/C9H16OS3/c1-4-7-11-12-9(6-3)13(10)8-5-2/h4-5,7-9H,6H2,1-3H3/b7-4-,8-5+. The molecule has 4 heteroatoms. The van der Waals surface area contributed by atoms with Gasteiger partial charge in [-0.05, 0) is 31.1 Å². The van der Waals surface area contributed by atoms with Crippen molar-refractivity contribution in [3.63, 3.8) is 0 Å². The first-order chi connectivity index (χ1) is 6.26. The van der Waals surface area contributed by atoms with E-state index in [0.29, 0.717) is 0 Å². The first-order valence-electron chi connectivity index (χ1n) is 4.21. The Kier molecular flexibility index (Phi) is 9.13. The number of rotatable bonds is 6. The minimum absolute atomic E-state index is 0.206. The van der Waals surface area contributed by atoms with E-state index < -0.39 is 10.8 Å². The largest absolute Gasteiger partial charge is 0.254 e. The molecule has 0 saturated heterocycles. The van der Waals surface area contributed by atoms with Crippen LogP contribution in [0.1, 0.15) is 27.2 Å². The van der Waals surface area contributed by atoms with E-state index >= 15 is 0 Å². The van der Waals surface area contributed by atoms with Crippen LogP contribution in [0.25, 0.3) is 0 Å². The summed E-state index contributed by atoms with van der Waals surface area (Å²) in [4.78, 5) is 0. The van der Waals surface area contributed by atoms with Gasteiger partial charge in [0.05, 0.1) is 15.4 Å². The van der Waals surface area contributed by atoms with E-state index in [1.807, 2.05) is 31.4 Å². The molecule has 0 aliphatic carbocycles. The van der Waals surface area contributed by atoms with Crippen molar-refractivity contribution in [3.05, 3.63) is 23.0 Å². The van der Waals surface area contributed by atoms with Crippen molar-refractivity contribution >= 4 is 32.4 Å². The molecule has 0 N–H and O–H groups in total.